The van der Waals surface area contributed by atoms with Gasteiger partial charge < -0.3 is 10.5 Å². The van der Waals surface area contributed by atoms with Crippen LogP contribution in [0.3, 0.4) is 0 Å². The second-order valence-electron chi connectivity index (χ2n) is 4.39. The first kappa shape index (κ1) is 13.0. The Morgan fingerprint density at radius 2 is 1.88 bits per heavy atom. The van der Waals surface area contributed by atoms with E-state index in [1.807, 2.05) is 6.92 Å². The Morgan fingerprint density at radius 3 is 2.38 bits per heavy atom. The molecule has 0 bridgehead atoms. The summed E-state index contributed by atoms with van der Waals surface area (Å²) in [7, 11) is 0. The van der Waals surface area contributed by atoms with Crippen LogP contribution in [-0.2, 0) is 0 Å². The maximum absolute atomic E-state index is 6.01. The number of benzene rings is 1. The third kappa shape index (κ3) is 3.24. The summed E-state index contributed by atoms with van der Waals surface area (Å²) in [5.41, 5.74) is 8.25. The lowest BCUT2D eigenvalue weighted by Gasteiger charge is -2.20. The minimum absolute atomic E-state index is 0.0185. The quantitative estimate of drug-likeness (QED) is 0.824. The molecule has 0 saturated carbocycles. The fourth-order valence-electron chi connectivity index (χ4n) is 1.75. The average molecular weight is 221 g/mol. The van der Waals surface area contributed by atoms with Gasteiger partial charge in [-0.05, 0) is 38.3 Å². The molecule has 0 aliphatic carbocycles. The van der Waals surface area contributed by atoms with Gasteiger partial charge in [-0.25, -0.2) is 0 Å². The molecule has 0 unspecified atom stereocenters. The molecule has 1 aromatic rings. The van der Waals surface area contributed by atoms with Gasteiger partial charge in [0.15, 0.2) is 0 Å². The number of hydrogen-bond acceptors (Lipinski definition) is 2. The van der Waals surface area contributed by atoms with E-state index in [2.05, 4.69) is 39.0 Å². The SMILES string of the molecule is CCC(CC)Oc1cc(C)ccc1[C@H](C)N. The second kappa shape index (κ2) is 5.90. The standard InChI is InChI=1S/C14H23NO/c1-5-12(6-2)16-14-9-10(3)7-8-13(14)11(4)15/h7-9,11-12H,5-6,15H2,1-4H3/t11-/m0/s1. The summed E-state index contributed by atoms with van der Waals surface area (Å²) < 4.78 is 6.01. The zero-order valence-corrected chi connectivity index (χ0v) is 10.8. The van der Waals surface area contributed by atoms with Crippen LogP contribution in [0.1, 0.15) is 50.8 Å². The van der Waals surface area contributed by atoms with Crippen molar-refractivity contribution in [3.8, 4) is 5.75 Å². The van der Waals surface area contributed by atoms with Crippen LogP contribution >= 0.6 is 0 Å². The third-order valence-corrected chi connectivity index (χ3v) is 2.86. The number of hydrogen-bond donors (Lipinski definition) is 1. The molecule has 0 heterocycles. The van der Waals surface area contributed by atoms with Crippen molar-refractivity contribution in [2.45, 2.75) is 52.7 Å². The molecule has 0 aromatic heterocycles. The molecule has 1 aromatic carbocycles. The van der Waals surface area contributed by atoms with Gasteiger partial charge >= 0.3 is 0 Å². The smallest absolute Gasteiger partial charge is 0.124 e. The first-order valence-electron chi connectivity index (χ1n) is 6.11. The minimum atomic E-state index is 0.0185. The fraction of sp³-hybridized carbons (Fsp3) is 0.571. The molecule has 1 rings (SSSR count). The van der Waals surface area contributed by atoms with Gasteiger partial charge in [-0.15, -0.1) is 0 Å². The van der Waals surface area contributed by atoms with E-state index in [0.29, 0.717) is 6.10 Å². The Morgan fingerprint density at radius 1 is 1.25 bits per heavy atom. The number of ether oxygens (including phenoxy) is 1. The van der Waals surface area contributed by atoms with Crippen LogP contribution in [0.5, 0.6) is 5.75 Å². The van der Waals surface area contributed by atoms with E-state index in [1.54, 1.807) is 0 Å². The summed E-state index contributed by atoms with van der Waals surface area (Å²) in [6, 6.07) is 6.25. The van der Waals surface area contributed by atoms with Crippen molar-refractivity contribution in [3.63, 3.8) is 0 Å². The largest absolute Gasteiger partial charge is 0.490 e. The first-order chi connectivity index (χ1) is 7.58. The molecule has 2 N–H and O–H groups in total. The molecule has 16 heavy (non-hydrogen) atoms. The summed E-state index contributed by atoms with van der Waals surface area (Å²) in [5, 5.41) is 0. The molecule has 0 aliphatic rings. The highest BCUT2D eigenvalue weighted by Gasteiger charge is 2.12. The Balaban J connectivity index is 2.95. The van der Waals surface area contributed by atoms with E-state index in [1.165, 1.54) is 5.56 Å². The van der Waals surface area contributed by atoms with Crippen LogP contribution in [0.2, 0.25) is 0 Å². The predicted molar refractivity (Wildman–Crippen MR) is 68.8 cm³/mol. The van der Waals surface area contributed by atoms with Gasteiger partial charge in [-0.2, -0.15) is 0 Å². The van der Waals surface area contributed by atoms with Gasteiger partial charge in [-0.3, -0.25) is 0 Å². The molecule has 90 valence electrons. The van der Waals surface area contributed by atoms with E-state index < -0.39 is 0 Å². The Labute approximate surface area is 98.8 Å². The molecule has 2 nitrogen and oxygen atoms in total. The van der Waals surface area contributed by atoms with E-state index in [9.17, 15) is 0 Å². The lowest BCUT2D eigenvalue weighted by Crippen LogP contribution is -2.16. The third-order valence-electron chi connectivity index (χ3n) is 2.86. The van der Waals surface area contributed by atoms with Crippen molar-refractivity contribution in [2.24, 2.45) is 5.73 Å². The molecule has 0 saturated heterocycles. The second-order valence-corrected chi connectivity index (χ2v) is 4.39. The lowest BCUT2D eigenvalue weighted by atomic mass is 10.1. The number of aryl methyl sites for hydroxylation is 1. The van der Waals surface area contributed by atoms with Crippen molar-refractivity contribution in [1.82, 2.24) is 0 Å². The highest BCUT2D eigenvalue weighted by molar-refractivity contribution is 5.39. The molecule has 0 amide bonds. The van der Waals surface area contributed by atoms with Crippen molar-refractivity contribution in [2.75, 3.05) is 0 Å². The van der Waals surface area contributed by atoms with Gasteiger partial charge in [0.2, 0.25) is 0 Å². The molecule has 2 heteroatoms. The highest BCUT2D eigenvalue weighted by Crippen LogP contribution is 2.27. The van der Waals surface area contributed by atoms with Gasteiger partial charge in [-0.1, -0.05) is 26.0 Å². The van der Waals surface area contributed by atoms with Crippen molar-refractivity contribution in [3.05, 3.63) is 29.3 Å². The number of nitrogens with two attached hydrogens (primary N) is 1. The summed E-state index contributed by atoms with van der Waals surface area (Å²) in [6.45, 7) is 8.36. The summed E-state index contributed by atoms with van der Waals surface area (Å²) in [6.07, 6.45) is 2.35. The Kier molecular flexibility index (Phi) is 4.81. The molecule has 0 spiro atoms. The Hall–Kier alpha value is -1.02. The van der Waals surface area contributed by atoms with Crippen LogP contribution in [0.25, 0.3) is 0 Å². The van der Waals surface area contributed by atoms with E-state index >= 15 is 0 Å². The zero-order chi connectivity index (χ0) is 12.1. The number of rotatable bonds is 5. The monoisotopic (exact) mass is 221 g/mol. The molecular weight excluding hydrogens is 198 g/mol. The van der Waals surface area contributed by atoms with Crippen LogP contribution in [0.15, 0.2) is 18.2 Å². The van der Waals surface area contributed by atoms with E-state index in [4.69, 9.17) is 10.5 Å². The maximum Gasteiger partial charge on any atom is 0.124 e. The average Bonchev–Trinajstić information content (AvgIpc) is 2.25. The van der Waals surface area contributed by atoms with Gasteiger partial charge in [0.05, 0.1) is 6.10 Å². The van der Waals surface area contributed by atoms with Gasteiger partial charge in [0.1, 0.15) is 5.75 Å². The fourth-order valence-corrected chi connectivity index (χ4v) is 1.75. The van der Waals surface area contributed by atoms with Gasteiger partial charge in [0.25, 0.3) is 0 Å². The first-order valence-corrected chi connectivity index (χ1v) is 6.11. The Bertz CT molecular complexity index is 330. The summed E-state index contributed by atoms with van der Waals surface area (Å²) in [5.74, 6) is 0.948. The van der Waals surface area contributed by atoms with Crippen molar-refractivity contribution in [1.29, 1.82) is 0 Å². The van der Waals surface area contributed by atoms with Crippen molar-refractivity contribution >= 4 is 0 Å². The van der Waals surface area contributed by atoms with Crippen LogP contribution in [-0.4, -0.2) is 6.10 Å². The van der Waals surface area contributed by atoms with Crippen LogP contribution < -0.4 is 10.5 Å². The zero-order valence-electron chi connectivity index (χ0n) is 10.8. The van der Waals surface area contributed by atoms with E-state index in [0.717, 1.165) is 24.2 Å². The molecule has 1 atom stereocenters. The highest BCUT2D eigenvalue weighted by atomic mass is 16.5. The minimum Gasteiger partial charge on any atom is -0.490 e. The van der Waals surface area contributed by atoms with E-state index in [-0.39, 0.29) is 6.04 Å². The topological polar surface area (TPSA) is 35.2 Å². The lowest BCUT2D eigenvalue weighted by molar-refractivity contribution is 0.190. The van der Waals surface area contributed by atoms with Crippen LogP contribution in [0, 0.1) is 6.92 Å². The molecular formula is C14H23NO. The summed E-state index contributed by atoms with van der Waals surface area (Å²) >= 11 is 0. The summed E-state index contributed by atoms with van der Waals surface area (Å²) in [4.78, 5) is 0. The van der Waals surface area contributed by atoms with Gasteiger partial charge in [0, 0.05) is 11.6 Å². The molecule has 0 fully saturated rings. The molecule has 0 radical (unpaired) electrons. The molecule has 0 aliphatic heterocycles. The predicted octanol–water partition coefficient (Wildman–Crippen LogP) is 3.58. The normalized spacial score (nSPS) is 12.9. The van der Waals surface area contributed by atoms with Crippen LogP contribution in [0.4, 0.5) is 0 Å². The maximum atomic E-state index is 6.01. The van der Waals surface area contributed by atoms with Crippen molar-refractivity contribution < 1.29 is 4.74 Å².